The molecule has 1 aromatic rings. The first-order valence-electron chi connectivity index (χ1n) is 3.38. The van der Waals surface area contributed by atoms with Gasteiger partial charge < -0.3 is 5.73 Å². The van der Waals surface area contributed by atoms with Crippen LogP contribution in [0, 0.1) is 0 Å². The topological polar surface area (TPSA) is 51.8 Å². The lowest BCUT2D eigenvalue weighted by atomic mass is 10.3. The quantitative estimate of drug-likeness (QED) is 0.682. The van der Waals surface area contributed by atoms with E-state index in [1.54, 1.807) is 18.5 Å². The molecule has 2 rings (SSSR count). The predicted molar refractivity (Wildman–Crippen MR) is 44.4 cm³/mol. The summed E-state index contributed by atoms with van der Waals surface area (Å²) in [5.74, 6) is 0.787. The molecule has 0 bridgehead atoms. The third-order valence-corrected chi connectivity index (χ3v) is 1.80. The normalized spacial score (nSPS) is 18.6. The van der Waals surface area contributed by atoms with Gasteiger partial charge in [0.05, 0.1) is 5.54 Å². The van der Waals surface area contributed by atoms with Gasteiger partial charge in [-0.3, -0.25) is 0 Å². The molecule has 60 valence electrons. The van der Waals surface area contributed by atoms with Crippen molar-refractivity contribution in [2.75, 3.05) is 0 Å². The van der Waals surface area contributed by atoms with Crippen LogP contribution in [0.15, 0.2) is 18.5 Å². The van der Waals surface area contributed by atoms with Gasteiger partial charge in [0.1, 0.15) is 5.82 Å². The minimum atomic E-state index is -0.179. The van der Waals surface area contributed by atoms with Crippen LogP contribution in [0.2, 0.25) is 0 Å². The minimum Gasteiger partial charge on any atom is -0.319 e. The number of hydrogen-bond acceptors (Lipinski definition) is 3. The van der Waals surface area contributed by atoms with Crippen LogP contribution in [-0.4, -0.2) is 9.97 Å². The van der Waals surface area contributed by atoms with E-state index in [1.165, 1.54) is 0 Å². The van der Waals surface area contributed by atoms with Crippen molar-refractivity contribution in [2.24, 2.45) is 5.73 Å². The summed E-state index contributed by atoms with van der Waals surface area (Å²) in [6, 6.07) is 1.80. The van der Waals surface area contributed by atoms with Crippen molar-refractivity contribution < 1.29 is 0 Å². The highest BCUT2D eigenvalue weighted by atomic mass is 35.5. The number of halogens is 1. The summed E-state index contributed by atoms with van der Waals surface area (Å²) >= 11 is 0. The maximum Gasteiger partial charge on any atom is 0.147 e. The number of rotatable bonds is 1. The molecule has 1 aliphatic rings. The molecule has 0 aliphatic heterocycles. The number of nitrogens with zero attached hydrogens (tertiary/aromatic N) is 2. The zero-order valence-corrected chi connectivity index (χ0v) is 6.84. The van der Waals surface area contributed by atoms with Crippen molar-refractivity contribution in [2.45, 2.75) is 18.4 Å². The minimum absolute atomic E-state index is 0. The van der Waals surface area contributed by atoms with Crippen molar-refractivity contribution in [1.29, 1.82) is 0 Å². The van der Waals surface area contributed by atoms with Crippen molar-refractivity contribution in [3.05, 3.63) is 24.3 Å². The van der Waals surface area contributed by atoms with Gasteiger partial charge in [-0.25, -0.2) is 9.97 Å². The molecular formula is C7H10ClN3. The Hall–Kier alpha value is -0.670. The monoisotopic (exact) mass is 171 g/mol. The number of aromatic nitrogens is 2. The summed E-state index contributed by atoms with van der Waals surface area (Å²) in [5.41, 5.74) is 5.66. The van der Waals surface area contributed by atoms with E-state index in [1.807, 2.05) is 0 Å². The van der Waals surface area contributed by atoms with Crippen molar-refractivity contribution in [3.63, 3.8) is 0 Å². The lowest BCUT2D eigenvalue weighted by molar-refractivity contribution is 0.672. The molecule has 0 saturated heterocycles. The molecule has 1 heterocycles. The Kier molecular flexibility index (Phi) is 2.11. The molecule has 0 amide bonds. The van der Waals surface area contributed by atoms with Crippen LogP contribution in [0.1, 0.15) is 18.7 Å². The molecule has 0 spiro atoms. The van der Waals surface area contributed by atoms with Crippen LogP contribution in [-0.2, 0) is 5.54 Å². The highest BCUT2D eigenvalue weighted by Gasteiger charge is 2.42. The van der Waals surface area contributed by atoms with E-state index in [0.29, 0.717) is 0 Å². The second-order valence-electron chi connectivity index (χ2n) is 2.73. The molecule has 3 nitrogen and oxygen atoms in total. The van der Waals surface area contributed by atoms with Gasteiger partial charge in [0, 0.05) is 12.4 Å². The molecular weight excluding hydrogens is 162 g/mol. The van der Waals surface area contributed by atoms with Crippen molar-refractivity contribution >= 4 is 12.4 Å². The molecule has 0 unspecified atom stereocenters. The first kappa shape index (κ1) is 8.43. The van der Waals surface area contributed by atoms with Crippen LogP contribution in [0.3, 0.4) is 0 Å². The van der Waals surface area contributed by atoms with Crippen LogP contribution in [0.25, 0.3) is 0 Å². The van der Waals surface area contributed by atoms with Gasteiger partial charge in [0.2, 0.25) is 0 Å². The molecule has 1 aromatic heterocycles. The zero-order chi connectivity index (χ0) is 7.03. The first-order chi connectivity index (χ1) is 4.81. The lowest BCUT2D eigenvalue weighted by Gasteiger charge is -2.03. The Morgan fingerprint density at radius 1 is 1.27 bits per heavy atom. The molecule has 11 heavy (non-hydrogen) atoms. The van der Waals surface area contributed by atoms with Gasteiger partial charge in [-0.15, -0.1) is 12.4 Å². The van der Waals surface area contributed by atoms with Crippen LogP contribution in [0.4, 0.5) is 0 Å². The SMILES string of the molecule is Cl.NC1(c2ncccn2)CC1. The van der Waals surface area contributed by atoms with E-state index in [0.717, 1.165) is 18.7 Å². The average Bonchev–Trinajstić information content (AvgIpc) is 2.72. The largest absolute Gasteiger partial charge is 0.319 e. The standard InChI is InChI=1S/C7H9N3.ClH/c8-7(2-3-7)6-9-4-1-5-10-6;/h1,4-5H,2-3,8H2;1H. The third-order valence-electron chi connectivity index (χ3n) is 1.80. The summed E-state index contributed by atoms with van der Waals surface area (Å²) in [6.45, 7) is 0. The molecule has 1 fully saturated rings. The Labute approximate surface area is 71.5 Å². The zero-order valence-electron chi connectivity index (χ0n) is 6.03. The third kappa shape index (κ3) is 1.49. The summed E-state index contributed by atoms with van der Waals surface area (Å²) in [7, 11) is 0. The van der Waals surface area contributed by atoms with Crippen molar-refractivity contribution in [1.82, 2.24) is 9.97 Å². The van der Waals surface area contributed by atoms with Gasteiger partial charge in [-0.05, 0) is 18.9 Å². The Bertz CT molecular complexity index is 233. The second-order valence-corrected chi connectivity index (χ2v) is 2.73. The Morgan fingerprint density at radius 2 is 1.82 bits per heavy atom. The van der Waals surface area contributed by atoms with Crippen molar-refractivity contribution in [3.8, 4) is 0 Å². The highest BCUT2D eigenvalue weighted by molar-refractivity contribution is 5.85. The van der Waals surface area contributed by atoms with E-state index >= 15 is 0 Å². The fraction of sp³-hybridized carbons (Fsp3) is 0.429. The van der Waals surface area contributed by atoms with Crippen LogP contribution < -0.4 is 5.73 Å². The lowest BCUT2D eigenvalue weighted by Crippen LogP contribution is -2.21. The Balaban J connectivity index is 0.000000605. The van der Waals surface area contributed by atoms with E-state index in [-0.39, 0.29) is 17.9 Å². The highest BCUT2D eigenvalue weighted by Crippen LogP contribution is 2.40. The van der Waals surface area contributed by atoms with Crippen LogP contribution >= 0.6 is 12.4 Å². The van der Waals surface area contributed by atoms with E-state index in [4.69, 9.17) is 5.73 Å². The number of hydrogen-bond donors (Lipinski definition) is 1. The predicted octanol–water partition coefficient (Wildman–Crippen LogP) is 0.846. The maximum absolute atomic E-state index is 5.84. The van der Waals surface area contributed by atoms with Gasteiger partial charge in [0.25, 0.3) is 0 Å². The van der Waals surface area contributed by atoms with Gasteiger partial charge >= 0.3 is 0 Å². The molecule has 0 aromatic carbocycles. The maximum atomic E-state index is 5.84. The summed E-state index contributed by atoms with van der Waals surface area (Å²) < 4.78 is 0. The summed E-state index contributed by atoms with van der Waals surface area (Å²) in [6.07, 6.45) is 5.51. The first-order valence-corrected chi connectivity index (χ1v) is 3.38. The second kappa shape index (κ2) is 2.75. The smallest absolute Gasteiger partial charge is 0.147 e. The molecule has 0 atom stereocenters. The summed E-state index contributed by atoms with van der Waals surface area (Å²) in [4.78, 5) is 8.15. The molecule has 0 radical (unpaired) electrons. The molecule has 2 N–H and O–H groups in total. The fourth-order valence-corrected chi connectivity index (χ4v) is 0.914. The molecule has 4 heteroatoms. The molecule has 1 saturated carbocycles. The number of nitrogens with two attached hydrogens (primary N) is 1. The fourth-order valence-electron chi connectivity index (χ4n) is 0.914. The Morgan fingerprint density at radius 3 is 2.27 bits per heavy atom. The van der Waals surface area contributed by atoms with E-state index in [9.17, 15) is 0 Å². The van der Waals surface area contributed by atoms with Gasteiger partial charge in [-0.2, -0.15) is 0 Å². The average molecular weight is 172 g/mol. The van der Waals surface area contributed by atoms with Gasteiger partial charge in [-0.1, -0.05) is 0 Å². The molecule has 1 aliphatic carbocycles. The van der Waals surface area contributed by atoms with E-state index < -0.39 is 0 Å². The van der Waals surface area contributed by atoms with Gasteiger partial charge in [0.15, 0.2) is 0 Å². The van der Waals surface area contributed by atoms with Crippen LogP contribution in [0.5, 0.6) is 0 Å². The summed E-state index contributed by atoms with van der Waals surface area (Å²) in [5, 5.41) is 0. The van der Waals surface area contributed by atoms with E-state index in [2.05, 4.69) is 9.97 Å².